The normalized spacial score (nSPS) is 23.4. The molecule has 0 aliphatic heterocycles. The lowest BCUT2D eigenvalue weighted by molar-refractivity contribution is -0.137. The van der Waals surface area contributed by atoms with Crippen LogP contribution in [0.5, 0.6) is 0 Å². The van der Waals surface area contributed by atoms with E-state index < -0.39 is 5.97 Å². The zero-order valence-corrected chi connectivity index (χ0v) is 11.6. The van der Waals surface area contributed by atoms with Crippen LogP contribution in [0.4, 0.5) is 0 Å². The molecular weight excluding hydrogens is 224 g/mol. The van der Waals surface area contributed by atoms with Gasteiger partial charge < -0.3 is 5.11 Å². The largest absolute Gasteiger partial charge is 0.481 e. The van der Waals surface area contributed by atoms with E-state index in [1.165, 1.54) is 64.2 Å². The van der Waals surface area contributed by atoms with Gasteiger partial charge in [-0.25, -0.2) is 0 Å². The molecule has 2 rings (SSSR count). The summed E-state index contributed by atoms with van der Waals surface area (Å²) in [7, 11) is 0. The third-order valence-corrected chi connectivity index (χ3v) is 5.20. The maximum absolute atomic E-state index is 10.9. The van der Waals surface area contributed by atoms with Crippen molar-refractivity contribution in [2.75, 3.05) is 0 Å². The summed E-state index contributed by atoms with van der Waals surface area (Å²) in [4.78, 5) is 10.9. The molecule has 0 aromatic heterocycles. The third-order valence-electron chi connectivity index (χ3n) is 5.20. The van der Waals surface area contributed by atoms with Crippen LogP contribution in [0.2, 0.25) is 0 Å². The Hall–Kier alpha value is -0.530. The van der Waals surface area contributed by atoms with Gasteiger partial charge in [-0.1, -0.05) is 64.2 Å². The molecule has 0 unspecified atom stereocenters. The Balaban J connectivity index is 1.93. The topological polar surface area (TPSA) is 37.3 Å². The fraction of sp³-hybridized carbons (Fsp3) is 0.938. The van der Waals surface area contributed by atoms with E-state index >= 15 is 0 Å². The number of carboxylic acid groups (broad SMARTS) is 1. The first kappa shape index (κ1) is 13.9. The number of rotatable bonds is 5. The first-order valence-electron chi connectivity index (χ1n) is 7.99. The van der Waals surface area contributed by atoms with Crippen molar-refractivity contribution in [2.24, 2.45) is 17.8 Å². The molecule has 2 fully saturated rings. The van der Waals surface area contributed by atoms with Gasteiger partial charge in [-0.15, -0.1) is 0 Å². The second-order valence-corrected chi connectivity index (χ2v) is 6.39. The van der Waals surface area contributed by atoms with Gasteiger partial charge in [0.25, 0.3) is 0 Å². The molecule has 2 heteroatoms. The monoisotopic (exact) mass is 252 g/mol. The Labute approximate surface area is 111 Å². The number of hydrogen-bond acceptors (Lipinski definition) is 1. The van der Waals surface area contributed by atoms with Crippen molar-refractivity contribution in [2.45, 2.75) is 77.0 Å². The zero-order valence-electron chi connectivity index (χ0n) is 11.6. The summed E-state index contributed by atoms with van der Waals surface area (Å²) >= 11 is 0. The van der Waals surface area contributed by atoms with E-state index in [0.29, 0.717) is 12.3 Å². The maximum Gasteiger partial charge on any atom is 0.303 e. The van der Waals surface area contributed by atoms with Crippen molar-refractivity contribution < 1.29 is 9.90 Å². The molecule has 2 nitrogen and oxygen atoms in total. The van der Waals surface area contributed by atoms with Crippen LogP contribution in [-0.2, 0) is 4.79 Å². The van der Waals surface area contributed by atoms with E-state index in [1.807, 2.05) is 0 Å². The Morgan fingerprint density at radius 2 is 1.33 bits per heavy atom. The highest BCUT2D eigenvalue weighted by Gasteiger charge is 2.31. The molecule has 2 saturated carbocycles. The van der Waals surface area contributed by atoms with Crippen molar-refractivity contribution in [1.29, 1.82) is 0 Å². The van der Waals surface area contributed by atoms with E-state index in [2.05, 4.69) is 0 Å². The van der Waals surface area contributed by atoms with Gasteiger partial charge in [-0.2, -0.15) is 0 Å². The molecule has 0 aromatic carbocycles. The van der Waals surface area contributed by atoms with E-state index in [0.717, 1.165) is 18.3 Å². The lowest BCUT2D eigenvalue weighted by Gasteiger charge is -2.37. The molecule has 0 bridgehead atoms. The Morgan fingerprint density at radius 1 is 0.889 bits per heavy atom. The predicted octanol–water partition coefficient (Wildman–Crippen LogP) is 4.63. The summed E-state index contributed by atoms with van der Waals surface area (Å²) in [6.07, 6.45) is 15.1. The van der Waals surface area contributed by atoms with E-state index in [9.17, 15) is 4.79 Å². The van der Waals surface area contributed by atoms with Crippen LogP contribution >= 0.6 is 0 Å². The summed E-state index contributed by atoms with van der Waals surface area (Å²) in [5.41, 5.74) is 0. The predicted molar refractivity (Wildman–Crippen MR) is 73.5 cm³/mol. The van der Waals surface area contributed by atoms with Crippen molar-refractivity contribution in [1.82, 2.24) is 0 Å². The first-order valence-corrected chi connectivity index (χ1v) is 7.99. The lowest BCUT2D eigenvalue weighted by atomic mass is 9.68. The lowest BCUT2D eigenvalue weighted by Crippen LogP contribution is -2.28. The van der Waals surface area contributed by atoms with Crippen LogP contribution in [-0.4, -0.2) is 11.1 Å². The highest BCUT2D eigenvalue weighted by molar-refractivity contribution is 5.66. The fourth-order valence-electron chi connectivity index (χ4n) is 4.27. The van der Waals surface area contributed by atoms with Crippen LogP contribution in [0, 0.1) is 17.8 Å². The minimum absolute atomic E-state index is 0.387. The first-order chi connectivity index (χ1) is 8.77. The van der Waals surface area contributed by atoms with Gasteiger partial charge in [0.05, 0.1) is 0 Å². The van der Waals surface area contributed by atoms with Crippen LogP contribution in [0.15, 0.2) is 0 Å². The third kappa shape index (κ3) is 4.00. The molecule has 0 spiro atoms. The van der Waals surface area contributed by atoms with Gasteiger partial charge in [-0.3, -0.25) is 4.79 Å². The number of carbonyl (C=O) groups is 1. The van der Waals surface area contributed by atoms with Gasteiger partial charge in [0.1, 0.15) is 0 Å². The smallest absolute Gasteiger partial charge is 0.303 e. The Morgan fingerprint density at radius 3 is 1.72 bits per heavy atom. The molecule has 104 valence electrons. The average molecular weight is 252 g/mol. The quantitative estimate of drug-likeness (QED) is 0.774. The highest BCUT2D eigenvalue weighted by atomic mass is 16.4. The van der Waals surface area contributed by atoms with Crippen LogP contribution in [0.1, 0.15) is 77.0 Å². The molecule has 0 radical (unpaired) electrons. The summed E-state index contributed by atoms with van der Waals surface area (Å²) in [5, 5.41) is 8.96. The summed E-state index contributed by atoms with van der Waals surface area (Å²) in [6, 6.07) is 0. The summed E-state index contributed by atoms with van der Waals surface area (Å²) < 4.78 is 0. The van der Waals surface area contributed by atoms with Crippen molar-refractivity contribution in [3.63, 3.8) is 0 Å². The van der Waals surface area contributed by atoms with Crippen molar-refractivity contribution in [3.8, 4) is 0 Å². The Kier molecular flexibility index (Phi) is 5.52. The zero-order chi connectivity index (χ0) is 12.8. The van der Waals surface area contributed by atoms with Crippen molar-refractivity contribution in [3.05, 3.63) is 0 Å². The van der Waals surface area contributed by atoms with Gasteiger partial charge >= 0.3 is 5.97 Å². The van der Waals surface area contributed by atoms with Crippen LogP contribution < -0.4 is 0 Å². The molecule has 2 aliphatic rings. The molecule has 2 aliphatic carbocycles. The number of aliphatic carboxylic acids is 1. The second-order valence-electron chi connectivity index (χ2n) is 6.39. The molecule has 18 heavy (non-hydrogen) atoms. The van der Waals surface area contributed by atoms with Gasteiger partial charge in [0.2, 0.25) is 0 Å². The highest BCUT2D eigenvalue weighted by Crippen LogP contribution is 2.42. The van der Waals surface area contributed by atoms with Crippen LogP contribution in [0.25, 0.3) is 0 Å². The van der Waals surface area contributed by atoms with E-state index in [-0.39, 0.29) is 0 Å². The minimum Gasteiger partial charge on any atom is -0.481 e. The van der Waals surface area contributed by atoms with E-state index in [4.69, 9.17) is 5.11 Å². The fourth-order valence-corrected chi connectivity index (χ4v) is 4.27. The van der Waals surface area contributed by atoms with Gasteiger partial charge in [0.15, 0.2) is 0 Å². The summed E-state index contributed by atoms with van der Waals surface area (Å²) in [6.45, 7) is 0. The molecular formula is C16H28O2. The number of hydrogen-bond donors (Lipinski definition) is 1. The maximum atomic E-state index is 10.9. The molecule has 1 N–H and O–H groups in total. The number of carboxylic acids is 1. The molecule has 0 saturated heterocycles. The Bertz CT molecular complexity index is 232. The van der Waals surface area contributed by atoms with Gasteiger partial charge in [0, 0.05) is 6.42 Å². The standard InChI is InChI=1S/C16H28O2/c17-16(18)12-11-15(13-7-3-1-4-8-13)14-9-5-2-6-10-14/h13-15H,1-12H2,(H,17,18). The second kappa shape index (κ2) is 7.16. The summed E-state index contributed by atoms with van der Waals surface area (Å²) in [5.74, 6) is 1.77. The average Bonchev–Trinajstić information content (AvgIpc) is 2.41. The van der Waals surface area contributed by atoms with Crippen LogP contribution in [0.3, 0.4) is 0 Å². The molecule has 0 atom stereocenters. The molecule has 0 heterocycles. The van der Waals surface area contributed by atoms with Gasteiger partial charge in [-0.05, 0) is 24.2 Å². The molecule has 0 amide bonds. The molecule has 0 aromatic rings. The van der Waals surface area contributed by atoms with E-state index in [1.54, 1.807) is 0 Å². The SMILES string of the molecule is O=C(O)CCC(C1CCCCC1)C1CCCCC1. The minimum atomic E-state index is -0.605. The van der Waals surface area contributed by atoms with Crippen molar-refractivity contribution >= 4 is 5.97 Å².